The average molecular weight is 619 g/mol. The summed E-state index contributed by atoms with van der Waals surface area (Å²) in [6.07, 6.45) is 2.67. The molecule has 4 aromatic heterocycles. The first-order chi connectivity index (χ1) is 20.0. The highest BCUT2D eigenvalue weighted by Gasteiger charge is 2.33. The van der Waals surface area contributed by atoms with E-state index in [1.165, 1.54) is 17.1 Å². The Morgan fingerprint density at radius 3 is 2.76 bits per heavy atom. The van der Waals surface area contributed by atoms with Gasteiger partial charge in [-0.25, -0.2) is 9.37 Å². The molecule has 0 aliphatic carbocycles. The molecule has 0 radical (unpaired) electrons. The van der Waals surface area contributed by atoms with Gasteiger partial charge < -0.3 is 24.7 Å². The minimum atomic E-state index is -4.52. The summed E-state index contributed by atoms with van der Waals surface area (Å²) in [5, 5.41) is 7.34. The van der Waals surface area contributed by atoms with Crippen molar-refractivity contribution in [3.8, 4) is 28.8 Å². The Morgan fingerprint density at radius 1 is 1.26 bits per heavy atom. The Bertz CT molecular complexity index is 1640. The van der Waals surface area contributed by atoms with E-state index in [2.05, 4.69) is 45.2 Å². The smallest absolute Gasteiger partial charge is 0.447 e. The molecule has 0 amide bonds. The van der Waals surface area contributed by atoms with E-state index in [9.17, 15) is 17.6 Å². The van der Waals surface area contributed by atoms with Gasteiger partial charge in [-0.1, -0.05) is 11.8 Å². The first kappa shape index (κ1) is 30.1. The van der Waals surface area contributed by atoms with Crippen LogP contribution in [-0.4, -0.2) is 70.8 Å². The van der Waals surface area contributed by atoms with Gasteiger partial charge in [-0.05, 0) is 62.4 Å². The van der Waals surface area contributed by atoms with Gasteiger partial charge in [0.25, 0.3) is 0 Å². The molecule has 0 saturated carbocycles. The number of nitrogens with one attached hydrogen (secondary N) is 2. The van der Waals surface area contributed by atoms with Gasteiger partial charge >= 0.3 is 5.51 Å². The lowest BCUT2D eigenvalue weighted by molar-refractivity contribution is -0.0329. The van der Waals surface area contributed by atoms with Gasteiger partial charge in [0, 0.05) is 36.3 Å². The number of aryl methyl sites for hydroxylation is 1. The number of anilines is 2. The molecular weight excluding hydrogens is 587 g/mol. The van der Waals surface area contributed by atoms with Crippen LogP contribution in [0, 0.1) is 25.7 Å². The van der Waals surface area contributed by atoms with E-state index in [1.807, 2.05) is 18.9 Å². The summed E-state index contributed by atoms with van der Waals surface area (Å²) < 4.78 is 62.3. The first-order valence-electron chi connectivity index (χ1n) is 13.3. The fourth-order valence-corrected chi connectivity index (χ4v) is 6.82. The van der Waals surface area contributed by atoms with Gasteiger partial charge in [0.2, 0.25) is 5.88 Å². The van der Waals surface area contributed by atoms with Crippen molar-refractivity contribution in [2.45, 2.75) is 43.0 Å². The van der Waals surface area contributed by atoms with Gasteiger partial charge in [0.15, 0.2) is 5.82 Å². The van der Waals surface area contributed by atoms with Crippen LogP contribution in [0.4, 0.5) is 28.9 Å². The number of aromatic nitrogens is 3. The van der Waals surface area contributed by atoms with E-state index in [-0.39, 0.29) is 28.9 Å². The van der Waals surface area contributed by atoms with Crippen LogP contribution in [0.1, 0.15) is 23.1 Å². The molecule has 1 aliphatic heterocycles. The van der Waals surface area contributed by atoms with Crippen LogP contribution in [0.15, 0.2) is 41.4 Å². The summed E-state index contributed by atoms with van der Waals surface area (Å²) in [6, 6.07) is 4.57. The van der Waals surface area contributed by atoms with Gasteiger partial charge in [-0.15, -0.1) is 8.19 Å². The standard InChI is InChI=1S/C29H31F4N6OPS/c1-17-16-41-25(18(17)2)26-35-14-23(27(37-26)40-4)34-10-5-7-19-13-24-22(36-21-9-12-38(3)15-20(21)30)8-6-11-39(24)28(19)42-29(31,32)33/h6,8,11,13-14,16,20-21,34,36,41H,9-10,12,15H2,1-4H3/t20-,21+/m0/s1. The number of nitrogens with zero attached hydrogens (tertiary/aromatic N) is 4. The van der Waals surface area contributed by atoms with Crippen molar-refractivity contribution in [2.75, 3.05) is 44.4 Å². The lowest BCUT2D eigenvalue weighted by atomic mass is 10.0. The van der Waals surface area contributed by atoms with E-state index in [1.54, 1.807) is 30.6 Å². The lowest BCUT2D eigenvalue weighted by Crippen LogP contribution is -2.46. The molecule has 42 heavy (non-hydrogen) atoms. The number of piperidine rings is 1. The number of alkyl halides is 4. The largest absolute Gasteiger partial charge is 0.479 e. The maximum Gasteiger partial charge on any atom is 0.447 e. The van der Waals surface area contributed by atoms with Crippen molar-refractivity contribution >= 4 is 36.8 Å². The molecule has 0 bridgehead atoms. The second-order valence-corrected chi connectivity index (χ2v) is 12.3. The van der Waals surface area contributed by atoms with E-state index in [4.69, 9.17) is 4.74 Å². The maximum absolute atomic E-state index is 14.7. The predicted octanol–water partition coefficient (Wildman–Crippen LogP) is 6.58. The summed E-state index contributed by atoms with van der Waals surface area (Å²) in [4.78, 5) is 11.0. The number of likely N-dealkylation sites (tertiary alicyclic amines) is 1. The van der Waals surface area contributed by atoms with Crippen molar-refractivity contribution in [3.63, 3.8) is 0 Å². The molecule has 1 fully saturated rings. The molecule has 4 aromatic rings. The number of hydrogen-bond donors (Lipinski definition) is 2. The van der Waals surface area contributed by atoms with E-state index in [0.29, 0.717) is 49.8 Å². The number of ether oxygens (including phenoxy) is 1. The molecule has 3 atom stereocenters. The van der Waals surface area contributed by atoms with Crippen molar-refractivity contribution in [3.05, 3.63) is 53.1 Å². The zero-order chi connectivity index (χ0) is 30.0. The van der Waals surface area contributed by atoms with Crippen molar-refractivity contribution in [1.82, 2.24) is 19.3 Å². The summed E-state index contributed by atoms with van der Waals surface area (Å²) in [5.41, 5.74) is -0.342. The fourth-order valence-electron chi connectivity index (χ4n) is 4.89. The third-order valence-electron chi connectivity index (χ3n) is 7.22. The Balaban J connectivity index is 1.38. The molecule has 5 rings (SSSR count). The minimum Gasteiger partial charge on any atom is -0.479 e. The van der Waals surface area contributed by atoms with Crippen LogP contribution < -0.4 is 15.4 Å². The van der Waals surface area contributed by atoms with Crippen LogP contribution in [0.25, 0.3) is 16.6 Å². The Hall–Kier alpha value is -3.39. The second kappa shape index (κ2) is 12.5. The Labute approximate surface area is 247 Å². The van der Waals surface area contributed by atoms with Gasteiger partial charge in [-0.2, -0.15) is 18.2 Å². The van der Waals surface area contributed by atoms with Gasteiger partial charge in [-0.3, -0.25) is 0 Å². The minimum absolute atomic E-state index is 0.0518. The van der Waals surface area contributed by atoms with Gasteiger partial charge in [0.05, 0.1) is 42.7 Å². The maximum atomic E-state index is 14.7. The number of thioether (sulfide) groups is 1. The third kappa shape index (κ3) is 6.64. The number of halogens is 4. The Morgan fingerprint density at radius 2 is 2.07 bits per heavy atom. The molecule has 222 valence electrons. The number of rotatable bonds is 7. The van der Waals surface area contributed by atoms with Crippen molar-refractivity contribution < 1.29 is 22.3 Å². The van der Waals surface area contributed by atoms with Gasteiger partial charge in [0.1, 0.15) is 16.9 Å². The normalized spacial score (nSPS) is 17.8. The molecule has 1 unspecified atom stereocenters. The highest BCUT2D eigenvalue weighted by Crippen LogP contribution is 2.41. The summed E-state index contributed by atoms with van der Waals surface area (Å²) in [6.45, 7) is 5.25. The third-order valence-corrected chi connectivity index (χ3v) is 9.53. The highest BCUT2D eigenvalue weighted by atomic mass is 32.2. The SMILES string of the molecule is COc1nc(-c2[pH]cc(C)c2C)ncc1NCC#Cc1cc2c(N[C@@H]3CCN(C)C[C@@H]3F)cccn2c1SC(F)(F)F. The average Bonchev–Trinajstić information content (AvgIpc) is 3.46. The molecule has 0 spiro atoms. The van der Waals surface area contributed by atoms with Crippen LogP contribution in [0.5, 0.6) is 5.88 Å². The van der Waals surface area contributed by atoms with Crippen LogP contribution in [0.3, 0.4) is 0 Å². The molecule has 5 heterocycles. The van der Waals surface area contributed by atoms with Crippen LogP contribution in [0.2, 0.25) is 0 Å². The van der Waals surface area contributed by atoms with Crippen molar-refractivity contribution in [2.24, 2.45) is 0 Å². The number of hydrogen-bond acceptors (Lipinski definition) is 7. The lowest BCUT2D eigenvalue weighted by Gasteiger charge is -2.33. The fraction of sp³-hybridized carbons (Fsp3) is 0.379. The number of fused-ring (bicyclic) bond motifs is 1. The number of methoxy groups -OCH3 is 1. The van der Waals surface area contributed by atoms with E-state index >= 15 is 0 Å². The zero-order valence-corrected chi connectivity index (χ0v) is 25.4. The zero-order valence-electron chi connectivity index (χ0n) is 23.6. The molecule has 1 aliphatic rings. The van der Waals surface area contributed by atoms with E-state index < -0.39 is 17.7 Å². The van der Waals surface area contributed by atoms with Crippen LogP contribution in [-0.2, 0) is 0 Å². The molecule has 0 aromatic carbocycles. The molecule has 13 heteroatoms. The quantitative estimate of drug-likeness (QED) is 0.138. The highest BCUT2D eigenvalue weighted by molar-refractivity contribution is 8.00. The topological polar surface area (TPSA) is 66.7 Å². The molecule has 1 saturated heterocycles. The number of pyridine rings is 1. The van der Waals surface area contributed by atoms with Crippen LogP contribution >= 0.6 is 20.0 Å². The summed E-state index contributed by atoms with van der Waals surface area (Å²) >= 11 is -0.223. The molecular formula is C29H31F4N6OPS. The summed E-state index contributed by atoms with van der Waals surface area (Å²) in [7, 11) is 3.87. The molecule has 7 nitrogen and oxygen atoms in total. The second-order valence-electron chi connectivity index (χ2n) is 10.1. The first-order valence-corrected chi connectivity index (χ1v) is 15.2. The van der Waals surface area contributed by atoms with Crippen molar-refractivity contribution in [1.29, 1.82) is 0 Å². The van der Waals surface area contributed by atoms with E-state index in [0.717, 1.165) is 17.4 Å². The predicted molar refractivity (Wildman–Crippen MR) is 162 cm³/mol. The summed E-state index contributed by atoms with van der Waals surface area (Å²) in [5.74, 6) is 8.92. The monoisotopic (exact) mass is 618 g/mol. The Kier molecular flexibility index (Phi) is 8.92. The molecule has 2 N–H and O–H groups in total.